The van der Waals surface area contributed by atoms with Crippen LogP contribution in [0.3, 0.4) is 0 Å². The summed E-state index contributed by atoms with van der Waals surface area (Å²) in [5, 5.41) is 6.17. The molecule has 0 fully saturated rings. The molecule has 0 radical (unpaired) electrons. The summed E-state index contributed by atoms with van der Waals surface area (Å²) in [5.41, 5.74) is 1.20. The van der Waals surface area contributed by atoms with Crippen LogP contribution >= 0.6 is 11.3 Å². The summed E-state index contributed by atoms with van der Waals surface area (Å²) in [4.78, 5) is 8.22. The minimum Gasteiger partial charge on any atom is -0.497 e. The zero-order valence-corrected chi connectivity index (χ0v) is 17.3. The molecular formula is C22H23N3O3S. The van der Waals surface area contributed by atoms with Crippen LogP contribution in [-0.2, 0) is 19.5 Å². The van der Waals surface area contributed by atoms with Crippen molar-refractivity contribution in [2.45, 2.75) is 32.5 Å². The summed E-state index contributed by atoms with van der Waals surface area (Å²) in [6, 6.07) is 16.3. The molecule has 0 N–H and O–H groups in total. The van der Waals surface area contributed by atoms with Crippen LogP contribution in [0.1, 0.15) is 23.3 Å². The number of hydrogen-bond acceptors (Lipinski definition) is 7. The first-order valence-electron chi connectivity index (χ1n) is 9.47. The molecule has 1 unspecified atom stereocenters. The number of furan rings is 1. The fraction of sp³-hybridized carbons (Fsp3) is 0.273. The van der Waals surface area contributed by atoms with E-state index >= 15 is 0 Å². The van der Waals surface area contributed by atoms with E-state index < -0.39 is 0 Å². The molecule has 150 valence electrons. The van der Waals surface area contributed by atoms with Gasteiger partial charge in [-0.2, -0.15) is 4.98 Å². The first kappa shape index (κ1) is 19.4. The molecule has 0 saturated heterocycles. The molecule has 0 saturated carbocycles. The third kappa shape index (κ3) is 4.93. The number of rotatable bonds is 9. The molecule has 29 heavy (non-hydrogen) atoms. The lowest BCUT2D eigenvalue weighted by atomic mass is 10.1. The Morgan fingerprint density at radius 2 is 1.97 bits per heavy atom. The van der Waals surface area contributed by atoms with Gasteiger partial charge < -0.3 is 13.7 Å². The molecule has 0 aliphatic carbocycles. The topological polar surface area (TPSA) is 64.5 Å². The third-order valence-electron chi connectivity index (χ3n) is 4.79. The van der Waals surface area contributed by atoms with E-state index in [1.54, 1.807) is 24.7 Å². The number of methoxy groups -OCH3 is 1. The minimum absolute atomic E-state index is 0.301. The van der Waals surface area contributed by atoms with Gasteiger partial charge in [0.2, 0.25) is 11.7 Å². The van der Waals surface area contributed by atoms with Crippen molar-refractivity contribution in [1.29, 1.82) is 0 Å². The molecular weight excluding hydrogens is 386 g/mol. The highest BCUT2D eigenvalue weighted by Gasteiger charge is 2.20. The zero-order chi connectivity index (χ0) is 20.1. The highest BCUT2D eigenvalue weighted by Crippen LogP contribution is 2.21. The van der Waals surface area contributed by atoms with Gasteiger partial charge >= 0.3 is 0 Å². The fourth-order valence-electron chi connectivity index (χ4n) is 3.18. The minimum atomic E-state index is 0.301. The highest BCUT2D eigenvalue weighted by atomic mass is 32.1. The fourth-order valence-corrected chi connectivity index (χ4v) is 4.01. The molecule has 0 aliphatic heterocycles. The lowest BCUT2D eigenvalue weighted by Crippen LogP contribution is -2.33. The van der Waals surface area contributed by atoms with Crippen molar-refractivity contribution in [3.63, 3.8) is 0 Å². The molecule has 0 aliphatic rings. The SMILES string of the molecule is COc1ccc(CN(Cc2nc(-c3ccco3)no2)C(C)Cc2cccs2)cc1. The Hall–Kier alpha value is -2.90. The van der Waals surface area contributed by atoms with Crippen LogP contribution in [-0.4, -0.2) is 28.2 Å². The van der Waals surface area contributed by atoms with Gasteiger partial charge in [0.15, 0.2) is 5.76 Å². The number of aromatic nitrogens is 2. The van der Waals surface area contributed by atoms with E-state index in [0.29, 0.717) is 30.1 Å². The number of ether oxygens (including phenoxy) is 1. The van der Waals surface area contributed by atoms with E-state index in [2.05, 4.69) is 51.6 Å². The van der Waals surface area contributed by atoms with Gasteiger partial charge in [0.25, 0.3) is 0 Å². The largest absolute Gasteiger partial charge is 0.497 e. The molecule has 0 bridgehead atoms. The molecule has 7 heteroatoms. The second-order valence-corrected chi connectivity index (χ2v) is 7.91. The maximum absolute atomic E-state index is 5.50. The highest BCUT2D eigenvalue weighted by molar-refractivity contribution is 7.09. The van der Waals surface area contributed by atoms with Gasteiger partial charge in [0, 0.05) is 17.5 Å². The van der Waals surface area contributed by atoms with Crippen molar-refractivity contribution in [2.75, 3.05) is 7.11 Å². The Labute approximate surface area is 173 Å². The second kappa shape index (κ2) is 9.07. The zero-order valence-electron chi connectivity index (χ0n) is 16.4. The van der Waals surface area contributed by atoms with Crippen LogP contribution in [0.15, 0.2) is 69.1 Å². The lowest BCUT2D eigenvalue weighted by molar-refractivity contribution is 0.165. The first-order valence-corrected chi connectivity index (χ1v) is 10.3. The monoisotopic (exact) mass is 409 g/mol. The van der Waals surface area contributed by atoms with Gasteiger partial charge in [-0.05, 0) is 54.6 Å². The Morgan fingerprint density at radius 3 is 2.66 bits per heavy atom. The average molecular weight is 410 g/mol. The van der Waals surface area contributed by atoms with Gasteiger partial charge in [-0.15, -0.1) is 11.3 Å². The van der Waals surface area contributed by atoms with Crippen LogP contribution in [0.4, 0.5) is 0 Å². The smallest absolute Gasteiger partial charge is 0.241 e. The van der Waals surface area contributed by atoms with Gasteiger partial charge in [-0.1, -0.05) is 23.4 Å². The summed E-state index contributed by atoms with van der Waals surface area (Å²) in [7, 11) is 1.68. The lowest BCUT2D eigenvalue weighted by Gasteiger charge is -2.27. The Balaban J connectivity index is 1.51. The van der Waals surface area contributed by atoms with Crippen molar-refractivity contribution >= 4 is 11.3 Å². The molecule has 6 nitrogen and oxygen atoms in total. The van der Waals surface area contributed by atoms with Crippen LogP contribution in [0.5, 0.6) is 5.75 Å². The number of nitrogens with zero attached hydrogens (tertiary/aromatic N) is 3. The Bertz CT molecular complexity index is 995. The van der Waals surface area contributed by atoms with Gasteiger partial charge in [0.05, 0.1) is 19.9 Å². The third-order valence-corrected chi connectivity index (χ3v) is 5.69. The van der Waals surface area contributed by atoms with Gasteiger partial charge in [0.1, 0.15) is 5.75 Å². The molecule has 4 aromatic rings. The van der Waals surface area contributed by atoms with E-state index in [1.807, 2.05) is 24.3 Å². The van der Waals surface area contributed by atoms with Crippen molar-refractivity contribution in [2.24, 2.45) is 0 Å². The molecule has 0 amide bonds. The van der Waals surface area contributed by atoms with Crippen molar-refractivity contribution in [1.82, 2.24) is 15.0 Å². The van der Waals surface area contributed by atoms with Gasteiger partial charge in [-0.25, -0.2) is 0 Å². The van der Waals surface area contributed by atoms with Crippen molar-refractivity contribution in [3.05, 3.63) is 76.5 Å². The van der Waals surface area contributed by atoms with E-state index in [4.69, 9.17) is 13.7 Å². The maximum atomic E-state index is 5.50. The molecule has 0 spiro atoms. The molecule has 1 atom stereocenters. The summed E-state index contributed by atoms with van der Waals surface area (Å²) in [6.07, 6.45) is 2.57. The normalized spacial score (nSPS) is 12.4. The number of hydrogen-bond donors (Lipinski definition) is 0. The number of benzene rings is 1. The first-order chi connectivity index (χ1) is 14.2. The van der Waals surface area contributed by atoms with Crippen LogP contribution in [0.25, 0.3) is 11.6 Å². The Kier molecular flexibility index (Phi) is 6.07. The number of thiophene rings is 1. The summed E-state index contributed by atoms with van der Waals surface area (Å²) in [6.45, 7) is 3.56. The van der Waals surface area contributed by atoms with E-state index in [1.165, 1.54) is 10.4 Å². The van der Waals surface area contributed by atoms with E-state index in [9.17, 15) is 0 Å². The molecule has 1 aromatic carbocycles. The summed E-state index contributed by atoms with van der Waals surface area (Å²) >= 11 is 1.78. The molecule has 3 aromatic heterocycles. The van der Waals surface area contributed by atoms with Gasteiger partial charge in [-0.3, -0.25) is 4.90 Å². The standard InChI is InChI=1S/C22H23N3O3S/c1-16(13-19-5-4-12-29-19)25(14-17-7-9-18(26-2)10-8-17)15-21-23-22(24-28-21)20-6-3-11-27-20/h3-12,16H,13-15H2,1-2H3. The maximum Gasteiger partial charge on any atom is 0.241 e. The van der Waals surface area contributed by atoms with Crippen molar-refractivity contribution in [3.8, 4) is 17.3 Å². The molecule has 3 heterocycles. The van der Waals surface area contributed by atoms with E-state index in [0.717, 1.165) is 18.7 Å². The second-order valence-electron chi connectivity index (χ2n) is 6.87. The average Bonchev–Trinajstić information content (AvgIpc) is 3.50. The van der Waals surface area contributed by atoms with Crippen LogP contribution < -0.4 is 4.74 Å². The summed E-state index contributed by atoms with van der Waals surface area (Å²) in [5.74, 6) is 2.50. The quantitative estimate of drug-likeness (QED) is 0.386. The van der Waals surface area contributed by atoms with Crippen LogP contribution in [0, 0.1) is 0 Å². The van der Waals surface area contributed by atoms with E-state index in [-0.39, 0.29) is 0 Å². The summed E-state index contributed by atoms with van der Waals surface area (Å²) < 4.78 is 16.1. The Morgan fingerprint density at radius 1 is 1.10 bits per heavy atom. The predicted octanol–water partition coefficient (Wildman–Crippen LogP) is 5.03. The van der Waals surface area contributed by atoms with Crippen molar-refractivity contribution < 1.29 is 13.7 Å². The van der Waals surface area contributed by atoms with Crippen LogP contribution in [0.2, 0.25) is 0 Å². The predicted molar refractivity (Wildman–Crippen MR) is 112 cm³/mol. The molecule has 4 rings (SSSR count).